The van der Waals surface area contributed by atoms with Crippen molar-refractivity contribution < 1.29 is 4.74 Å². The molecular formula is C19H19ClN4O. The van der Waals surface area contributed by atoms with E-state index in [0.717, 1.165) is 33.7 Å². The van der Waals surface area contributed by atoms with Crippen molar-refractivity contribution in [1.29, 1.82) is 0 Å². The van der Waals surface area contributed by atoms with Crippen LogP contribution in [0.2, 0.25) is 5.02 Å². The average Bonchev–Trinajstić information content (AvgIpc) is 2.61. The van der Waals surface area contributed by atoms with Crippen molar-refractivity contribution in [2.75, 3.05) is 17.7 Å². The molecule has 0 amide bonds. The van der Waals surface area contributed by atoms with Gasteiger partial charge in [0.05, 0.1) is 7.11 Å². The maximum absolute atomic E-state index is 6.19. The number of hydrogen-bond donors (Lipinski definition) is 2. The van der Waals surface area contributed by atoms with Crippen molar-refractivity contribution in [2.24, 2.45) is 0 Å². The molecule has 5 nitrogen and oxygen atoms in total. The van der Waals surface area contributed by atoms with E-state index in [2.05, 4.69) is 20.6 Å². The highest BCUT2D eigenvalue weighted by Gasteiger charge is 2.04. The Morgan fingerprint density at radius 1 is 1.00 bits per heavy atom. The number of halogens is 1. The number of rotatable bonds is 6. The van der Waals surface area contributed by atoms with Gasteiger partial charge in [0.2, 0.25) is 0 Å². The first-order chi connectivity index (χ1) is 12.1. The molecule has 0 saturated carbocycles. The first-order valence-electron chi connectivity index (χ1n) is 7.88. The molecule has 0 atom stereocenters. The first kappa shape index (κ1) is 17.0. The third-order valence-electron chi connectivity index (χ3n) is 3.62. The van der Waals surface area contributed by atoms with E-state index in [4.69, 9.17) is 16.3 Å². The molecular weight excluding hydrogens is 336 g/mol. The summed E-state index contributed by atoms with van der Waals surface area (Å²) in [6.07, 6.45) is 0. The molecule has 128 valence electrons. The summed E-state index contributed by atoms with van der Waals surface area (Å²) in [5.74, 6) is 2.95. The normalized spacial score (nSPS) is 10.4. The Morgan fingerprint density at radius 3 is 2.44 bits per heavy atom. The Labute approximate surface area is 152 Å². The van der Waals surface area contributed by atoms with Gasteiger partial charge in [0.25, 0.3) is 0 Å². The summed E-state index contributed by atoms with van der Waals surface area (Å²) in [5.41, 5.74) is 1.95. The van der Waals surface area contributed by atoms with E-state index in [1.165, 1.54) is 0 Å². The number of aryl methyl sites for hydroxylation is 1. The fraction of sp³-hybridized carbons (Fsp3) is 0.158. The number of hydrogen-bond acceptors (Lipinski definition) is 5. The van der Waals surface area contributed by atoms with Gasteiger partial charge in [-0.15, -0.1) is 0 Å². The highest BCUT2D eigenvalue weighted by molar-refractivity contribution is 6.31. The quantitative estimate of drug-likeness (QED) is 0.665. The monoisotopic (exact) mass is 354 g/mol. The Kier molecular flexibility index (Phi) is 5.36. The number of nitrogens with zero attached hydrogens (tertiary/aromatic N) is 2. The van der Waals surface area contributed by atoms with Crippen molar-refractivity contribution >= 4 is 28.9 Å². The largest absolute Gasteiger partial charge is 0.497 e. The summed E-state index contributed by atoms with van der Waals surface area (Å²) in [7, 11) is 1.65. The molecule has 0 fully saturated rings. The molecule has 0 aliphatic rings. The van der Waals surface area contributed by atoms with E-state index in [1.807, 2.05) is 61.5 Å². The minimum atomic E-state index is 0.595. The number of nitrogens with one attached hydrogen (secondary N) is 2. The molecule has 3 aromatic rings. The molecule has 0 aliphatic carbocycles. The van der Waals surface area contributed by atoms with Gasteiger partial charge in [-0.25, -0.2) is 9.97 Å². The Bertz CT molecular complexity index is 852. The van der Waals surface area contributed by atoms with Gasteiger partial charge in [-0.05, 0) is 42.8 Å². The van der Waals surface area contributed by atoms with Crippen LogP contribution in [0.1, 0.15) is 11.4 Å². The van der Waals surface area contributed by atoms with Gasteiger partial charge in [0.1, 0.15) is 23.2 Å². The average molecular weight is 355 g/mol. The lowest BCUT2D eigenvalue weighted by molar-refractivity contribution is 0.415. The molecule has 0 aliphatic heterocycles. The lowest BCUT2D eigenvalue weighted by Gasteiger charge is -2.11. The number of methoxy groups -OCH3 is 1. The van der Waals surface area contributed by atoms with Gasteiger partial charge in [-0.1, -0.05) is 29.8 Å². The fourth-order valence-corrected chi connectivity index (χ4v) is 2.57. The van der Waals surface area contributed by atoms with E-state index in [1.54, 1.807) is 7.11 Å². The third kappa shape index (κ3) is 4.61. The molecule has 25 heavy (non-hydrogen) atoms. The van der Waals surface area contributed by atoms with Crippen molar-refractivity contribution in [3.63, 3.8) is 0 Å². The van der Waals surface area contributed by atoms with E-state index in [9.17, 15) is 0 Å². The summed E-state index contributed by atoms with van der Waals surface area (Å²) in [6.45, 7) is 2.46. The molecule has 0 radical (unpaired) electrons. The standard InChI is InChI=1S/C19H19ClN4O/c1-13-22-18(21-12-14-5-3-4-6-17(14)20)11-19(23-13)24-15-7-9-16(25-2)10-8-15/h3-11H,12H2,1-2H3,(H2,21,22,23,24). The van der Waals surface area contributed by atoms with Crippen LogP contribution in [0.5, 0.6) is 5.75 Å². The highest BCUT2D eigenvalue weighted by atomic mass is 35.5. The Morgan fingerprint density at radius 2 is 1.72 bits per heavy atom. The molecule has 3 rings (SSSR count). The third-order valence-corrected chi connectivity index (χ3v) is 3.99. The molecule has 2 aromatic carbocycles. The minimum Gasteiger partial charge on any atom is -0.497 e. The van der Waals surface area contributed by atoms with Crippen LogP contribution in [-0.2, 0) is 6.54 Å². The van der Waals surface area contributed by atoms with Crippen LogP contribution in [-0.4, -0.2) is 17.1 Å². The van der Waals surface area contributed by atoms with Crippen molar-refractivity contribution in [2.45, 2.75) is 13.5 Å². The Hall–Kier alpha value is -2.79. The summed E-state index contributed by atoms with van der Waals surface area (Å²) < 4.78 is 5.17. The van der Waals surface area contributed by atoms with E-state index in [0.29, 0.717) is 12.4 Å². The Balaban J connectivity index is 1.72. The van der Waals surface area contributed by atoms with Crippen LogP contribution >= 0.6 is 11.6 Å². The molecule has 0 unspecified atom stereocenters. The fourth-order valence-electron chi connectivity index (χ4n) is 2.37. The van der Waals surface area contributed by atoms with Gasteiger partial charge in [0, 0.05) is 23.3 Å². The summed E-state index contributed by atoms with van der Waals surface area (Å²) >= 11 is 6.19. The lowest BCUT2D eigenvalue weighted by atomic mass is 10.2. The van der Waals surface area contributed by atoms with Gasteiger partial charge in [0.15, 0.2) is 0 Å². The smallest absolute Gasteiger partial charge is 0.136 e. The van der Waals surface area contributed by atoms with Gasteiger partial charge < -0.3 is 15.4 Å². The second kappa shape index (κ2) is 7.85. The van der Waals surface area contributed by atoms with Gasteiger partial charge >= 0.3 is 0 Å². The van der Waals surface area contributed by atoms with Crippen LogP contribution in [0, 0.1) is 6.92 Å². The molecule has 1 aromatic heterocycles. The zero-order valence-electron chi connectivity index (χ0n) is 14.1. The molecule has 0 bridgehead atoms. The molecule has 0 spiro atoms. The van der Waals surface area contributed by atoms with E-state index >= 15 is 0 Å². The molecule has 1 heterocycles. The summed E-state index contributed by atoms with van der Waals surface area (Å²) in [6, 6.07) is 17.3. The number of anilines is 3. The van der Waals surface area contributed by atoms with Gasteiger partial charge in [-0.3, -0.25) is 0 Å². The zero-order chi connectivity index (χ0) is 17.6. The second-order valence-electron chi connectivity index (χ2n) is 5.48. The number of benzene rings is 2. The highest BCUT2D eigenvalue weighted by Crippen LogP contribution is 2.21. The van der Waals surface area contributed by atoms with Crippen LogP contribution in [0.4, 0.5) is 17.3 Å². The topological polar surface area (TPSA) is 59.1 Å². The van der Waals surface area contributed by atoms with Crippen LogP contribution < -0.4 is 15.4 Å². The SMILES string of the molecule is COc1ccc(Nc2cc(NCc3ccccc3Cl)nc(C)n2)cc1. The van der Waals surface area contributed by atoms with E-state index in [-0.39, 0.29) is 0 Å². The summed E-state index contributed by atoms with van der Waals surface area (Å²) in [5, 5.41) is 7.30. The number of aromatic nitrogens is 2. The van der Waals surface area contributed by atoms with Crippen LogP contribution in [0.3, 0.4) is 0 Å². The minimum absolute atomic E-state index is 0.595. The number of ether oxygens (including phenoxy) is 1. The van der Waals surface area contributed by atoms with Gasteiger partial charge in [-0.2, -0.15) is 0 Å². The maximum atomic E-state index is 6.19. The molecule has 6 heteroatoms. The maximum Gasteiger partial charge on any atom is 0.136 e. The van der Waals surface area contributed by atoms with Crippen molar-refractivity contribution in [1.82, 2.24) is 9.97 Å². The molecule has 2 N–H and O–H groups in total. The van der Waals surface area contributed by atoms with Crippen molar-refractivity contribution in [3.05, 3.63) is 71.0 Å². The van der Waals surface area contributed by atoms with Crippen molar-refractivity contribution in [3.8, 4) is 5.75 Å². The van der Waals surface area contributed by atoms with Crippen LogP contribution in [0.15, 0.2) is 54.6 Å². The summed E-state index contributed by atoms with van der Waals surface area (Å²) in [4.78, 5) is 8.85. The predicted octanol–water partition coefficient (Wildman–Crippen LogP) is 4.80. The lowest BCUT2D eigenvalue weighted by Crippen LogP contribution is -2.05. The van der Waals surface area contributed by atoms with E-state index < -0.39 is 0 Å². The van der Waals surface area contributed by atoms with Crippen LogP contribution in [0.25, 0.3) is 0 Å². The zero-order valence-corrected chi connectivity index (χ0v) is 14.8. The second-order valence-corrected chi connectivity index (χ2v) is 5.89. The predicted molar refractivity (Wildman–Crippen MR) is 102 cm³/mol. The first-order valence-corrected chi connectivity index (χ1v) is 8.26. The molecule has 0 saturated heterocycles.